The summed E-state index contributed by atoms with van der Waals surface area (Å²) in [5, 5.41) is 0. The van der Waals surface area contributed by atoms with Gasteiger partial charge in [-0.05, 0) is 34.8 Å². The van der Waals surface area contributed by atoms with Crippen LogP contribution in [0.25, 0.3) is 0 Å². The third-order valence-corrected chi connectivity index (χ3v) is 4.25. The quantitative estimate of drug-likeness (QED) is 0.727. The molecule has 1 aromatic heterocycles. The number of pyridine rings is 1. The van der Waals surface area contributed by atoms with Crippen LogP contribution in [-0.2, 0) is 20.9 Å². The van der Waals surface area contributed by atoms with E-state index in [2.05, 4.69) is 15.9 Å². The molecule has 2 heterocycles. The number of carbonyl (C=O) groups is 2. The zero-order valence-electron chi connectivity index (χ0n) is 13.0. The highest BCUT2D eigenvalue weighted by Crippen LogP contribution is 2.11. The second kappa shape index (κ2) is 8.86. The number of aromatic nitrogens is 1. The van der Waals surface area contributed by atoms with Crippen LogP contribution in [0.4, 0.5) is 0 Å². The molecule has 1 amide bonds. The number of esters is 1. The van der Waals surface area contributed by atoms with Crippen LogP contribution in [0.1, 0.15) is 32.1 Å². The summed E-state index contributed by atoms with van der Waals surface area (Å²) in [7, 11) is 0. The molecule has 0 aliphatic carbocycles. The molecule has 0 radical (unpaired) electrons. The van der Waals surface area contributed by atoms with Crippen molar-refractivity contribution in [3.05, 3.63) is 33.2 Å². The van der Waals surface area contributed by atoms with Crippen molar-refractivity contribution in [2.75, 3.05) is 19.7 Å². The summed E-state index contributed by atoms with van der Waals surface area (Å²) in [6, 6.07) is 3.11. The third-order valence-electron chi connectivity index (χ3n) is 3.78. The Balaban J connectivity index is 1.79. The molecular formula is C16H21BrN2O4. The molecule has 1 aliphatic heterocycles. The Bertz CT molecular complexity index is 614. The number of likely N-dealkylation sites (tertiary alicyclic amines) is 1. The third kappa shape index (κ3) is 5.82. The Labute approximate surface area is 143 Å². The minimum absolute atomic E-state index is 0.00772. The summed E-state index contributed by atoms with van der Waals surface area (Å²) < 4.78 is 7.41. The Morgan fingerprint density at radius 2 is 1.96 bits per heavy atom. The Morgan fingerprint density at radius 1 is 1.17 bits per heavy atom. The second-order valence-corrected chi connectivity index (χ2v) is 6.49. The van der Waals surface area contributed by atoms with Crippen molar-refractivity contribution >= 4 is 27.8 Å². The van der Waals surface area contributed by atoms with Crippen molar-refractivity contribution in [1.29, 1.82) is 0 Å². The topological polar surface area (TPSA) is 68.6 Å². The van der Waals surface area contributed by atoms with Gasteiger partial charge in [0.05, 0.1) is 6.54 Å². The normalized spacial score (nSPS) is 15.9. The first-order chi connectivity index (χ1) is 11.1. The van der Waals surface area contributed by atoms with Gasteiger partial charge in [-0.25, -0.2) is 0 Å². The Hall–Kier alpha value is -1.63. The molecule has 0 aromatic carbocycles. The van der Waals surface area contributed by atoms with Crippen LogP contribution in [-0.4, -0.2) is 41.0 Å². The summed E-state index contributed by atoms with van der Waals surface area (Å²) >= 11 is 3.29. The first-order valence-corrected chi connectivity index (χ1v) is 8.65. The van der Waals surface area contributed by atoms with Crippen LogP contribution in [0.2, 0.25) is 0 Å². The van der Waals surface area contributed by atoms with E-state index in [1.165, 1.54) is 10.6 Å². The second-order valence-electron chi connectivity index (χ2n) is 5.58. The van der Waals surface area contributed by atoms with Crippen molar-refractivity contribution in [3.8, 4) is 0 Å². The van der Waals surface area contributed by atoms with Gasteiger partial charge in [-0.1, -0.05) is 12.8 Å². The molecule has 0 N–H and O–H groups in total. The number of halogens is 1. The molecule has 0 spiro atoms. The maximum atomic E-state index is 11.9. The van der Waals surface area contributed by atoms with E-state index in [9.17, 15) is 14.4 Å². The zero-order chi connectivity index (χ0) is 16.7. The molecule has 6 nitrogen and oxygen atoms in total. The minimum atomic E-state index is -0.429. The standard InChI is InChI=1S/C16H21BrN2O4/c17-13-6-7-15(21)19(11-13)9-10-23-16(22)12-18-8-4-2-1-3-5-14(18)20/h6-7,11H,1-5,8-10,12H2. The maximum absolute atomic E-state index is 11.9. The maximum Gasteiger partial charge on any atom is 0.325 e. The lowest BCUT2D eigenvalue weighted by Crippen LogP contribution is -2.38. The van der Waals surface area contributed by atoms with Gasteiger partial charge in [0.1, 0.15) is 13.2 Å². The van der Waals surface area contributed by atoms with Crippen molar-refractivity contribution in [3.63, 3.8) is 0 Å². The lowest BCUT2D eigenvalue weighted by molar-refractivity contribution is -0.149. The summed E-state index contributed by atoms with van der Waals surface area (Å²) in [4.78, 5) is 37.0. The SMILES string of the molecule is O=C(CN1CCCCCCC1=O)OCCn1cc(Br)ccc1=O. The summed E-state index contributed by atoms with van der Waals surface area (Å²) in [6.07, 6.45) is 6.12. The van der Waals surface area contributed by atoms with Gasteiger partial charge < -0.3 is 14.2 Å². The van der Waals surface area contributed by atoms with Crippen molar-refractivity contribution in [2.24, 2.45) is 0 Å². The van der Waals surface area contributed by atoms with Crippen molar-refractivity contribution in [2.45, 2.75) is 38.6 Å². The highest BCUT2D eigenvalue weighted by atomic mass is 79.9. The van der Waals surface area contributed by atoms with E-state index in [1.54, 1.807) is 17.2 Å². The van der Waals surface area contributed by atoms with Crippen LogP contribution in [0, 0.1) is 0 Å². The fraction of sp³-hybridized carbons (Fsp3) is 0.562. The number of nitrogens with zero attached hydrogens (tertiary/aromatic N) is 2. The molecule has 0 unspecified atom stereocenters. The summed E-state index contributed by atoms with van der Waals surface area (Å²) in [6.45, 7) is 1.00. The van der Waals surface area contributed by atoms with E-state index in [1.807, 2.05) is 0 Å². The highest BCUT2D eigenvalue weighted by Gasteiger charge is 2.19. The zero-order valence-corrected chi connectivity index (χ0v) is 14.6. The van der Waals surface area contributed by atoms with E-state index < -0.39 is 5.97 Å². The smallest absolute Gasteiger partial charge is 0.325 e. The molecule has 2 rings (SSSR count). The largest absolute Gasteiger partial charge is 0.462 e. The fourth-order valence-electron chi connectivity index (χ4n) is 2.52. The molecule has 1 fully saturated rings. The predicted molar refractivity (Wildman–Crippen MR) is 89.0 cm³/mol. The van der Waals surface area contributed by atoms with Crippen LogP contribution >= 0.6 is 15.9 Å². The van der Waals surface area contributed by atoms with Gasteiger partial charge >= 0.3 is 5.97 Å². The molecule has 0 bridgehead atoms. The van der Waals surface area contributed by atoms with Gasteiger partial charge in [-0.3, -0.25) is 14.4 Å². The molecule has 1 saturated heterocycles. The van der Waals surface area contributed by atoms with Crippen LogP contribution < -0.4 is 5.56 Å². The Morgan fingerprint density at radius 3 is 2.78 bits per heavy atom. The molecule has 126 valence electrons. The molecular weight excluding hydrogens is 364 g/mol. The molecule has 23 heavy (non-hydrogen) atoms. The van der Waals surface area contributed by atoms with Gasteiger partial charge in [0.2, 0.25) is 5.91 Å². The summed E-state index contributed by atoms with van der Waals surface area (Å²) in [5.74, 6) is -0.410. The van der Waals surface area contributed by atoms with Crippen LogP contribution in [0.3, 0.4) is 0 Å². The van der Waals surface area contributed by atoms with E-state index in [4.69, 9.17) is 4.74 Å². The van der Waals surface area contributed by atoms with Gasteiger partial charge in [-0.15, -0.1) is 0 Å². The molecule has 0 atom stereocenters. The van der Waals surface area contributed by atoms with Gasteiger partial charge in [0, 0.05) is 29.7 Å². The molecule has 1 aliphatic rings. The first kappa shape index (κ1) is 17.7. The Kier molecular flexibility index (Phi) is 6.83. The number of carbonyl (C=O) groups excluding carboxylic acids is 2. The molecule has 1 aromatic rings. The van der Waals surface area contributed by atoms with E-state index in [0.29, 0.717) is 13.0 Å². The van der Waals surface area contributed by atoms with E-state index in [0.717, 1.165) is 30.2 Å². The number of hydrogen-bond donors (Lipinski definition) is 0. The van der Waals surface area contributed by atoms with E-state index >= 15 is 0 Å². The van der Waals surface area contributed by atoms with Gasteiger partial charge in [-0.2, -0.15) is 0 Å². The predicted octanol–water partition coefficient (Wildman–Crippen LogP) is 1.95. The number of ether oxygens (including phenoxy) is 1. The fourth-order valence-corrected chi connectivity index (χ4v) is 2.90. The highest BCUT2D eigenvalue weighted by molar-refractivity contribution is 9.10. The lowest BCUT2D eigenvalue weighted by Gasteiger charge is -2.23. The van der Waals surface area contributed by atoms with Gasteiger partial charge in [0.15, 0.2) is 0 Å². The monoisotopic (exact) mass is 384 g/mol. The minimum Gasteiger partial charge on any atom is -0.462 e. The average molecular weight is 385 g/mol. The van der Waals surface area contributed by atoms with E-state index in [-0.39, 0.29) is 31.2 Å². The van der Waals surface area contributed by atoms with Crippen molar-refractivity contribution in [1.82, 2.24) is 9.47 Å². The van der Waals surface area contributed by atoms with Crippen LogP contribution in [0.15, 0.2) is 27.6 Å². The van der Waals surface area contributed by atoms with Gasteiger partial charge in [0.25, 0.3) is 5.56 Å². The number of rotatable bonds is 5. The number of hydrogen-bond acceptors (Lipinski definition) is 4. The summed E-state index contributed by atoms with van der Waals surface area (Å²) in [5.41, 5.74) is -0.150. The number of amides is 1. The van der Waals surface area contributed by atoms with Crippen LogP contribution in [0.5, 0.6) is 0 Å². The molecule has 7 heteroatoms. The first-order valence-electron chi connectivity index (χ1n) is 7.85. The average Bonchev–Trinajstić information content (AvgIpc) is 2.50. The lowest BCUT2D eigenvalue weighted by atomic mass is 10.1. The van der Waals surface area contributed by atoms with Crippen molar-refractivity contribution < 1.29 is 14.3 Å². The molecule has 0 saturated carbocycles.